The lowest BCUT2D eigenvalue weighted by Crippen LogP contribution is -2.40. The maximum atomic E-state index is 13.6. The number of hydrogen-bond donors (Lipinski definition) is 1. The van der Waals surface area contributed by atoms with E-state index >= 15 is 0 Å². The number of amides is 1. The highest BCUT2D eigenvalue weighted by molar-refractivity contribution is 7.92. The molecule has 0 aliphatic heterocycles. The van der Waals surface area contributed by atoms with Crippen molar-refractivity contribution < 1.29 is 22.7 Å². The van der Waals surface area contributed by atoms with Gasteiger partial charge in [0, 0.05) is 12.6 Å². The topological polar surface area (TPSA) is 84.9 Å². The van der Waals surface area contributed by atoms with Crippen molar-refractivity contribution in [3.05, 3.63) is 83.4 Å². The number of nitrogens with one attached hydrogen (secondary N) is 1. The van der Waals surface area contributed by atoms with Gasteiger partial charge in [0.2, 0.25) is 5.91 Å². The molecule has 0 aromatic heterocycles. The molecule has 0 heterocycles. The third-order valence-electron chi connectivity index (χ3n) is 5.12. The average Bonchev–Trinajstić information content (AvgIpc) is 2.81. The quantitative estimate of drug-likeness (QED) is 0.516. The van der Waals surface area contributed by atoms with Crippen molar-refractivity contribution in [3.63, 3.8) is 0 Å². The lowest BCUT2D eigenvalue weighted by molar-refractivity contribution is -0.119. The first-order chi connectivity index (χ1) is 15.7. The summed E-state index contributed by atoms with van der Waals surface area (Å²) in [5.74, 6) is 0.296. The fourth-order valence-corrected chi connectivity index (χ4v) is 4.76. The summed E-state index contributed by atoms with van der Waals surface area (Å²) in [6, 6.07) is 19.0. The number of benzene rings is 3. The molecule has 0 fully saturated rings. The molecule has 0 spiro atoms. The number of methoxy groups -OCH3 is 2. The lowest BCUT2D eigenvalue weighted by atomic mass is 10.1. The molecule has 0 bridgehead atoms. The molecule has 1 amide bonds. The van der Waals surface area contributed by atoms with Gasteiger partial charge in [-0.25, -0.2) is 8.42 Å². The summed E-state index contributed by atoms with van der Waals surface area (Å²) in [5.41, 5.74) is 3.14. The van der Waals surface area contributed by atoms with E-state index in [1.807, 2.05) is 38.1 Å². The third kappa shape index (κ3) is 5.84. The maximum Gasteiger partial charge on any atom is 0.264 e. The molecule has 7 nitrogen and oxygen atoms in total. The molecule has 33 heavy (non-hydrogen) atoms. The molecule has 3 aromatic carbocycles. The number of sulfonamides is 1. The van der Waals surface area contributed by atoms with Gasteiger partial charge in [0.1, 0.15) is 18.0 Å². The standard InChI is InChI=1S/C25H28N2O5S/c1-18-8-11-22(12-9-18)33(29,30)27(23-15-21(31-3)10-13-24(23)32-4)17-25(28)26-16-20-7-5-6-19(2)14-20/h5-15H,16-17H2,1-4H3,(H,26,28). The number of aryl methyl sites for hydroxylation is 2. The van der Waals surface area contributed by atoms with E-state index in [1.165, 1.54) is 26.4 Å². The number of carbonyl (C=O) groups is 1. The summed E-state index contributed by atoms with van der Waals surface area (Å²) >= 11 is 0. The summed E-state index contributed by atoms with van der Waals surface area (Å²) in [6.45, 7) is 3.70. The lowest BCUT2D eigenvalue weighted by Gasteiger charge is -2.26. The van der Waals surface area contributed by atoms with Crippen LogP contribution in [0.25, 0.3) is 0 Å². The molecule has 3 rings (SSSR count). The van der Waals surface area contributed by atoms with Crippen LogP contribution in [-0.2, 0) is 21.4 Å². The number of carbonyl (C=O) groups excluding carboxylic acids is 1. The Labute approximate surface area is 195 Å². The van der Waals surface area contributed by atoms with Crippen molar-refractivity contribution in [2.75, 3.05) is 25.1 Å². The second-order valence-electron chi connectivity index (χ2n) is 7.63. The Morgan fingerprint density at radius 3 is 2.27 bits per heavy atom. The van der Waals surface area contributed by atoms with Gasteiger partial charge >= 0.3 is 0 Å². The second kappa shape index (κ2) is 10.4. The monoisotopic (exact) mass is 468 g/mol. The maximum absolute atomic E-state index is 13.6. The SMILES string of the molecule is COc1ccc(OC)c(N(CC(=O)NCc2cccc(C)c2)S(=O)(=O)c2ccc(C)cc2)c1. The van der Waals surface area contributed by atoms with Gasteiger partial charge in [-0.15, -0.1) is 0 Å². The summed E-state index contributed by atoms with van der Waals surface area (Å²) in [7, 11) is -1.15. The summed E-state index contributed by atoms with van der Waals surface area (Å²) < 4.78 is 39.0. The van der Waals surface area contributed by atoms with Crippen LogP contribution in [0.3, 0.4) is 0 Å². The van der Waals surface area contributed by atoms with Gasteiger partial charge in [0.15, 0.2) is 0 Å². The van der Waals surface area contributed by atoms with Crippen molar-refractivity contribution in [2.24, 2.45) is 0 Å². The Bertz CT molecular complexity index is 1220. The highest BCUT2D eigenvalue weighted by Crippen LogP contribution is 2.35. The predicted molar refractivity (Wildman–Crippen MR) is 128 cm³/mol. The second-order valence-corrected chi connectivity index (χ2v) is 9.49. The van der Waals surface area contributed by atoms with Gasteiger partial charge in [-0.2, -0.15) is 0 Å². The normalized spacial score (nSPS) is 11.0. The summed E-state index contributed by atoms with van der Waals surface area (Å²) in [4.78, 5) is 13.0. The van der Waals surface area contributed by atoms with Crippen LogP contribution >= 0.6 is 0 Å². The van der Waals surface area contributed by atoms with E-state index in [2.05, 4.69) is 5.32 Å². The van der Waals surface area contributed by atoms with Crippen molar-refractivity contribution >= 4 is 21.6 Å². The molecule has 0 saturated carbocycles. The van der Waals surface area contributed by atoms with E-state index in [0.717, 1.165) is 21.0 Å². The van der Waals surface area contributed by atoms with Crippen LogP contribution in [0.15, 0.2) is 71.6 Å². The molecule has 0 unspecified atom stereocenters. The first-order valence-corrected chi connectivity index (χ1v) is 11.8. The van der Waals surface area contributed by atoms with Gasteiger partial charge in [0.05, 0.1) is 24.8 Å². The zero-order valence-electron chi connectivity index (χ0n) is 19.2. The Morgan fingerprint density at radius 1 is 0.909 bits per heavy atom. The number of rotatable bonds is 9. The Morgan fingerprint density at radius 2 is 1.64 bits per heavy atom. The highest BCUT2D eigenvalue weighted by atomic mass is 32.2. The molecule has 1 N–H and O–H groups in total. The van der Waals surface area contributed by atoms with Crippen molar-refractivity contribution in [3.8, 4) is 11.5 Å². The van der Waals surface area contributed by atoms with Crippen LogP contribution in [0.1, 0.15) is 16.7 Å². The third-order valence-corrected chi connectivity index (χ3v) is 6.90. The molecule has 0 aliphatic carbocycles. The highest BCUT2D eigenvalue weighted by Gasteiger charge is 2.30. The van der Waals surface area contributed by atoms with E-state index in [0.29, 0.717) is 11.5 Å². The number of hydrogen-bond acceptors (Lipinski definition) is 5. The van der Waals surface area contributed by atoms with Gasteiger partial charge in [-0.1, -0.05) is 47.5 Å². The van der Waals surface area contributed by atoms with E-state index in [9.17, 15) is 13.2 Å². The van der Waals surface area contributed by atoms with Crippen molar-refractivity contribution in [1.82, 2.24) is 5.32 Å². The number of anilines is 1. The van der Waals surface area contributed by atoms with Crippen LogP contribution in [0, 0.1) is 13.8 Å². The van der Waals surface area contributed by atoms with Crippen LogP contribution in [-0.4, -0.2) is 35.1 Å². The molecule has 0 aliphatic rings. The van der Waals surface area contributed by atoms with Crippen molar-refractivity contribution in [2.45, 2.75) is 25.3 Å². The molecule has 174 valence electrons. The van der Waals surface area contributed by atoms with Crippen molar-refractivity contribution in [1.29, 1.82) is 0 Å². The van der Waals surface area contributed by atoms with Crippen LogP contribution < -0.4 is 19.1 Å². The Hall–Kier alpha value is -3.52. The largest absolute Gasteiger partial charge is 0.497 e. The van der Waals surface area contributed by atoms with E-state index in [-0.39, 0.29) is 17.1 Å². The first-order valence-electron chi connectivity index (χ1n) is 10.4. The average molecular weight is 469 g/mol. The van der Waals surface area contributed by atoms with Crippen LogP contribution in [0.4, 0.5) is 5.69 Å². The molecule has 0 radical (unpaired) electrons. The minimum Gasteiger partial charge on any atom is -0.497 e. The first kappa shape index (κ1) is 24.1. The molecule has 8 heteroatoms. The Balaban J connectivity index is 1.97. The van der Waals surface area contributed by atoms with Crippen LogP contribution in [0.2, 0.25) is 0 Å². The van der Waals surface area contributed by atoms with Gasteiger partial charge in [0.25, 0.3) is 10.0 Å². The Kier molecular flexibility index (Phi) is 7.60. The van der Waals surface area contributed by atoms with E-state index in [1.54, 1.807) is 30.3 Å². The zero-order valence-corrected chi connectivity index (χ0v) is 20.0. The predicted octanol–water partition coefficient (Wildman–Crippen LogP) is 3.83. The number of nitrogens with zero attached hydrogens (tertiary/aromatic N) is 1. The minimum absolute atomic E-state index is 0.0736. The van der Waals surface area contributed by atoms with Gasteiger partial charge in [-0.3, -0.25) is 9.10 Å². The summed E-state index contributed by atoms with van der Waals surface area (Å²) in [6.07, 6.45) is 0. The molecule has 0 saturated heterocycles. The number of ether oxygens (including phenoxy) is 2. The smallest absolute Gasteiger partial charge is 0.264 e. The van der Waals surface area contributed by atoms with Gasteiger partial charge in [-0.05, 0) is 43.7 Å². The van der Waals surface area contributed by atoms with E-state index < -0.39 is 22.5 Å². The van der Waals surface area contributed by atoms with Gasteiger partial charge < -0.3 is 14.8 Å². The fourth-order valence-electron chi connectivity index (χ4n) is 3.34. The fraction of sp³-hybridized carbons (Fsp3) is 0.240. The molecular weight excluding hydrogens is 440 g/mol. The van der Waals surface area contributed by atoms with Crippen LogP contribution in [0.5, 0.6) is 11.5 Å². The zero-order chi connectivity index (χ0) is 24.0. The summed E-state index contributed by atoms with van der Waals surface area (Å²) in [5, 5.41) is 2.81. The van der Waals surface area contributed by atoms with E-state index in [4.69, 9.17) is 9.47 Å². The molecular formula is C25H28N2O5S. The molecule has 0 atom stereocenters. The minimum atomic E-state index is -4.08. The molecule has 3 aromatic rings.